The van der Waals surface area contributed by atoms with Crippen LogP contribution in [0.5, 0.6) is 0 Å². The Morgan fingerprint density at radius 1 is 1.29 bits per heavy atom. The number of hydrogen-bond acceptors (Lipinski definition) is 4. The first-order chi connectivity index (χ1) is 9.68. The fraction of sp³-hybridized carbons (Fsp3) is 0.462. The molecule has 0 atom stereocenters. The lowest BCUT2D eigenvalue weighted by Gasteiger charge is -2.23. The molecule has 0 fully saturated rings. The van der Waals surface area contributed by atoms with Crippen molar-refractivity contribution in [3.63, 3.8) is 0 Å². The number of likely N-dealkylation sites (N-methyl/N-ethyl adjacent to an activating group) is 1. The quantitative estimate of drug-likeness (QED) is 0.790. The summed E-state index contributed by atoms with van der Waals surface area (Å²) in [4.78, 5) is 12.8. The maximum Gasteiger partial charge on any atom is 0.243 e. The molecule has 0 saturated heterocycles. The van der Waals surface area contributed by atoms with Crippen LogP contribution in [0.1, 0.15) is 13.3 Å². The lowest BCUT2D eigenvalue weighted by molar-refractivity contribution is -0.128. The number of hydrogen-bond donors (Lipinski definition) is 1. The molecule has 1 rings (SSSR count). The number of carbonyl (C=O) groups excluding carboxylic acids is 1. The van der Waals surface area contributed by atoms with Crippen molar-refractivity contribution in [3.8, 4) is 0 Å². The van der Waals surface area contributed by atoms with Gasteiger partial charge in [-0.15, -0.1) is 0 Å². The Morgan fingerprint density at radius 2 is 1.90 bits per heavy atom. The van der Waals surface area contributed by atoms with Gasteiger partial charge < -0.3 is 10.6 Å². The Morgan fingerprint density at radius 3 is 2.38 bits per heavy atom. The molecule has 0 radical (unpaired) electrons. The van der Waals surface area contributed by atoms with Crippen LogP contribution < -0.4 is 5.73 Å². The molecular formula is C13H20FN3O3S. The molecule has 0 aliphatic heterocycles. The van der Waals surface area contributed by atoms with E-state index in [1.165, 1.54) is 11.0 Å². The first-order valence-electron chi connectivity index (χ1n) is 6.45. The summed E-state index contributed by atoms with van der Waals surface area (Å²) >= 11 is 0. The van der Waals surface area contributed by atoms with Gasteiger partial charge in [0.15, 0.2) is 0 Å². The summed E-state index contributed by atoms with van der Waals surface area (Å²) in [6.45, 7) is 1.67. The first kappa shape index (κ1) is 17.4. The Balaban J connectivity index is 3.18. The van der Waals surface area contributed by atoms with Crippen molar-refractivity contribution >= 4 is 21.6 Å². The molecule has 0 unspecified atom stereocenters. The molecule has 118 valence electrons. The zero-order valence-electron chi connectivity index (χ0n) is 12.3. The average Bonchev–Trinajstić information content (AvgIpc) is 2.36. The maximum atomic E-state index is 13.4. The fourth-order valence-electron chi connectivity index (χ4n) is 1.71. The molecule has 6 nitrogen and oxygen atoms in total. The van der Waals surface area contributed by atoms with E-state index in [9.17, 15) is 17.6 Å². The Kier molecular flexibility index (Phi) is 5.68. The average molecular weight is 317 g/mol. The minimum atomic E-state index is -3.97. The van der Waals surface area contributed by atoms with Gasteiger partial charge in [-0.1, -0.05) is 6.92 Å². The van der Waals surface area contributed by atoms with Gasteiger partial charge in [-0.25, -0.2) is 12.8 Å². The van der Waals surface area contributed by atoms with E-state index in [0.29, 0.717) is 6.42 Å². The number of nitrogens with two attached hydrogens (primary N) is 1. The molecule has 0 aromatic heterocycles. The highest BCUT2D eigenvalue weighted by molar-refractivity contribution is 7.89. The third kappa shape index (κ3) is 4.40. The predicted octanol–water partition coefficient (Wildman–Crippen LogP) is 0.897. The molecule has 21 heavy (non-hydrogen) atoms. The van der Waals surface area contributed by atoms with E-state index in [1.54, 1.807) is 21.0 Å². The summed E-state index contributed by atoms with van der Waals surface area (Å²) < 4.78 is 39.4. The molecule has 0 spiro atoms. The van der Waals surface area contributed by atoms with Gasteiger partial charge in [0.1, 0.15) is 5.82 Å². The SMILES string of the molecule is CCCN(CC(=O)N(C)C)S(=O)(=O)c1cc(N)cc(F)c1. The van der Waals surface area contributed by atoms with Gasteiger partial charge in [-0.05, 0) is 24.6 Å². The largest absolute Gasteiger partial charge is 0.399 e. The van der Waals surface area contributed by atoms with Crippen LogP contribution in [0.2, 0.25) is 0 Å². The van der Waals surface area contributed by atoms with E-state index in [-0.39, 0.29) is 29.6 Å². The van der Waals surface area contributed by atoms with Gasteiger partial charge in [0.2, 0.25) is 15.9 Å². The number of carbonyl (C=O) groups is 1. The van der Waals surface area contributed by atoms with Crippen LogP contribution in [-0.2, 0) is 14.8 Å². The van der Waals surface area contributed by atoms with Crippen LogP contribution >= 0.6 is 0 Å². The van der Waals surface area contributed by atoms with Gasteiger partial charge in [0.25, 0.3) is 0 Å². The van der Waals surface area contributed by atoms with E-state index in [4.69, 9.17) is 5.73 Å². The van der Waals surface area contributed by atoms with E-state index in [1.807, 2.05) is 0 Å². The van der Waals surface area contributed by atoms with Gasteiger partial charge in [0.05, 0.1) is 11.4 Å². The highest BCUT2D eigenvalue weighted by Gasteiger charge is 2.27. The van der Waals surface area contributed by atoms with Crippen LogP contribution in [0.4, 0.5) is 10.1 Å². The van der Waals surface area contributed by atoms with Crippen LogP contribution in [0, 0.1) is 5.82 Å². The van der Waals surface area contributed by atoms with Gasteiger partial charge in [0, 0.05) is 26.3 Å². The zero-order chi connectivity index (χ0) is 16.2. The minimum Gasteiger partial charge on any atom is -0.399 e. The number of anilines is 1. The molecule has 1 amide bonds. The van der Waals surface area contributed by atoms with E-state index < -0.39 is 15.8 Å². The molecule has 0 heterocycles. The highest BCUT2D eigenvalue weighted by Crippen LogP contribution is 2.20. The fourth-order valence-corrected chi connectivity index (χ4v) is 3.26. The van der Waals surface area contributed by atoms with Crippen LogP contribution in [0.15, 0.2) is 23.1 Å². The molecule has 0 aliphatic carbocycles. The third-order valence-corrected chi connectivity index (χ3v) is 4.64. The summed E-state index contributed by atoms with van der Waals surface area (Å²) in [6.07, 6.45) is 0.532. The molecule has 2 N–H and O–H groups in total. The Labute approximate surface area is 124 Å². The van der Waals surface area contributed by atoms with Gasteiger partial charge in [-0.2, -0.15) is 4.31 Å². The lowest BCUT2D eigenvalue weighted by atomic mass is 10.3. The molecular weight excluding hydrogens is 297 g/mol. The van der Waals surface area contributed by atoms with Crippen LogP contribution in [-0.4, -0.2) is 50.7 Å². The van der Waals surface area contributed by atoms with E-state index in [0.717, 1.165) is 16.4 Å². The van der Waals surface area contributed by atoms with Crippen LogP contribution in [0.3, 0.4) is 0 Å². The molecule has 1 aromatic carbocycles. The summed E-state index contributed by atoms with van der Waals surface area (Å²) in [5.41, 5.74) is 5.50. The van der Waals surface area contributed by atoms with Crippen molar-refractivity contribution < 1.29 is 17.6 Å². The summed E-state index contributed by atoms with van der Waals surface area (Å²) in [5, 5.41) is 0. The van der Waals surface area contributed by atoms with E-state index in [2.05, 4.69) is 0 Å². The number of benzene rings is 1. The molecule has 0 bridgehead atoms. The van der Waals surface area contributed by atoms with E-state index >= 15 is 0 Å². The van der Waals surface area contributed by atoms with Crippen molar-refractivity contribution in [2.45, 2.75) is 18.2 Å². The van der Waals surface area contributed by atoms with Crippen LogP contribution in [0.25, 0.3) is 0 Å². The number of sulfonamides is 1. The van der Waals surface area contributed by atoms with Crippen molar-refractivity contribution in [3.05, 3.63) is 24.0 Å². The molecule has 0 saturated carbocycles. The second-order valence-corrected chi connectivity index (χ2v) is 6.78. The van der Waals surface area contributed by atoms with Crippen molar-refractivity contribution in [2.75, 3.05) is 32.9 Å². The molecule has 8 heteroatoms. The number of nitrogens with zero attached hydrogens (tertiary/aromatic N) is 2. The topological polar surface area (TPSA) is 83.7 Å². The molecule has 0 aliphatic rings. The minimum absolute atomic E-state index is 0.0176. The monoisotopic (exact) mass is 317 g/mol. The summed E-state index contributed by atoms with van der Waals surface area (Å²) in [7, 11) is -0.889. The Bertz CT molecular complexity index is 597. The lowest BCUT2D eigenvalue weighted by Crippen LogP contribution is -2.40. The number of nitrogen functional groups attached to an aromatic ring is 1. The smallest absolute Gasteiger partial charge is 0.243 e. The second kappa shape index (κ2) is 6.86. The number of halogens is 1. The number of amides is 1. The predicted molar refractivity (Wildman–Crippen MR) is 78.6 cm³/mol. The normalized spacial score (nSPS) is 11.7. The maximum absolute atomic E-state index is 13.4. The third-order valence-electron chi connectivity index (χ3n) is 2.81. The highest BCUT2D eigenvalue weighted by atomic mass is 32.2. The second-order valence-electron chi connectivity index (χ2n) is 4.85. The van der Waals surface area contributed by atoms with Crippen molar-refractivity contribution in [1.29, 1.82) is 0 Å². The standard InChI is InChI=1S/C13H20FN3O3S/c1-4-5-17(9-13(18)16(2)3)21(19,20)12-7-10(14)6-11(15)8-12/h6-8H,4-5,9,15H2,1-3H3. The number of rotatable bonds is 6. The van der Waals surface area contributed by atoms with Crippen molar-refractivity contribution in [1.82, 2.24) is 9.21 Å². The van der Waals surface area contributed by atoms with Gasteiger partial charge >= 0.3 is 0 Å². The van der Waals surface area contributed by atoms with Crippen molar-refractivity contribution in [2.24, 2.45) is 0 Å². The summed E-state index contributed by atoms with van der Waals surface area (Å²) in [6, 6.07) is 3.11. The summed E-state index contributed by atoms with van der Waals surface area (Å²) in [5.74, 6) is -1.08. The van der Waals surface area contributed by atoms with Gasteiger partial charge in [-0.3, -0.25) is 4.79 Å². The molecule has 1 aromatic rings. The zero-order valence-corrected chi connectivity index (χ0v) is 13.2. The Hall–Kier alpha value is -1.67. The first-order valence-corrected chi connectivity index (χ1v) is 7.89.